The topological polar surface area (TPSA) is 27.7 Å². The van der Waals surface area contributed by atoms with Crippen molar-refractivity contribution in [1.29, 1.82) is 0 Å². The molecule has 0 bridgehead atoms. The van der Waals surface area contributed by atoms with Gasteiger partial charge in [-0.05, 0) is 69.8 Å². The van der Waals surface area contributed by atoms with Crippen molar-refractivity contribution in [2.45, 2.75) is 115 Å². The van der Waals surface area contributed by atoms with Crippen LogP contribution in [0.25, 0.3) is 0 Å². The summed E-state index contributed by atoms with van der Waals surface area (Å²) in [6.45, 7) is 2.08. The van der Waals surface area contributed by atoms with Crippen molar-refractivity contribution in [3.8, 4) is 5.75 Å². The lowest BCUT2D eigenvalue weighted by Gasteiger charge is -2.38. The zero-order chi connectivity index (χ0) is 32.1. The van der Waals surface area contributed by atoms with Crippen molar-refractivity contribution >= 4 is 0 Å². The average Bonchev–Trinajstić information content (AvgIpc) is 2.96. The Hall–Kier alpha value is -2.47. The molecule has 4 rings (SSSR count). The average molecular weight is 641 g/mol. The summed E-state index contributed by atoms with van der Waals surface area (Å²) in [6, 6.07) is 6.55. The Morgan fingerprint density at radius 3 is 1.68 bits per heavy atom. The van der Waals surface area contributed by atoms with Gasteiger partial charge in [-0.25, -0.2) is 13.2 Å². The second-order valence-electron chi connectivity index (χ2n) is 11.8. The van der Waals surface area contributed by atoms with Crippen LogP contribution in [0.1, 0.15) is 88.7 Å². The fraction of sp³-hybridized carbons (Fsp3) is 0.625. The lowest BCUT2D eigenvalue weighted by molar-refractivity contribution is -0.314. The Morgan fingerprint density at radius 2 is 1.16 bits per heavy atom. The zero-order valence-corrected chi connectivity index (χ0v) is 24.4. The SMILES string of the molecule is CCCCCc1ccc(C(F)(F)OC2CCC(C(F)(F)OC3CCC(C(F)(F)Oc4cc(F)c(F)c(F)c4)CC3)CC2)cc1. The molecule has 12 heteroatoms. The highest BCUT2D eigenvalue weighted by atomic mass is 19.3. The monoisotopic (exact) mass is 640 g/mol. The van der Waals surface area contributed by atoms with E-state index in [0.717, 1.165) is 31.2 Å². The molecule has 0 spiro atoms. The van der Waals surface area contributed by atoms with Crippen LogP contribution in [0.5, 0.6) is 5.75 Å². The van der Waals surface area contributed by atoms with Gasteiger partial charge in [0.2, 0.25) is 0 Å². The second-order valence-corrected chi connectivity index (χ2v) is 11.8. The molecule has 2 saturated carbocycles. The van der Waals surface area contributed by atoms with Crippen molar-refractivity contribution in [2.75, 3.05) is 0 Å². The maximum absolute atomic E-state index is 15.0. The van der Waals surface area contributed by atoms with E-state index in [9.17, 15) is 30.7 Å². The number of unbranched alkanes of at least 4 members (excludes halogenated alkanes) is 2. The molecule has 0 unspecified atom stereocenters. The zero-order valence-electron chi connectivity index (χ0n) is 24.4. The minimum Gasteiger partial charge on any atom is -0.432 e. The summed E-state index contributed by atoms with van der Waals surface area (Å²) in [5, 5.41) is 0. The fourth-order valence-corrected chi connectivity index (χ4v) is 5.91. The van der Waals surface area contributed by atoms with Crippen molar-refractivity contribution in [3.05, 3.63) is 65.0 Å². The molecule has 0 amide bonds. The van der Waals surface area contributed by atoms with Gasteiger partial charge in [-0.1, -0.05) is 44.0 Å². The van der Waals surface area contributed by atoms with E-state index in [-0.39, 0.29) is 56.9 Å². The van der Waals surface area contributed by atoms with Crippen LogP contribution in [-0.4, -0.2) is 24.4 Å². The molecule has 2 aromatic rings. The summed E-state index contributed by atoms with van der Waals surface area (Å²) in [5.41, 5.74) is 0.658. The molecule has 0 radical (unpaired) electrons. The smallest absolute Gasteiger partial charge is 0.400 e. The molecule has 3 nitrogen and oxygen atoms in total. The first kappa shape index (κ1) is 34.4. The summed E-state index contributed by atoms with van der Waals surface area (Å²) in [7, 11) is 0. The molecule has 0 atom stereocenters. The van der Waals surface area contributed by atoms with Crippen LogP contribution < -0.4 is 4.74 Å². The lowest BCUT2D eigenvalue weighted by Crippen LogP contribution is -2.43. The number of alkyl halides is 6. The highest BCUT2D eigenvalue weighted by Gasteiger charge is 2.49. The van der Waals surface area contributed by atoms with Gasteiger partial charge < -0.3 is 14.2 Å². The molecule has 0 aliphatic heterocycles. The van der Waals surface area contributed by atoms with Crippen LogP contribution in [0.4, 0.5) is 39.5 Å². The number of hydrogen-bond donors (Lipinski definition) is 0. The summed E-state index contributed by atoms with van der Waals surface area (Å²) in [5.74, 6) is -8.79. The molecule has 246 valence electrons. The predicted molar refractivity (Wildman–Crippen MR) is 144 cm³/mol. The lowest BCUT2D eigenvalue weighted by atomic mass is 9.85. The van der Waals surface area contributed by atoms with Gasteiger partial charge in [-0.15, -0.1) is 0 Å². The number of halogens is 9. The summed E-state index contributed by atoms with van der Waals surface area (Å²) in [4.78, 5) is 0. The third kappa shape index (κ3) is 8.83. The minimum absolute atomic E-state index is 0.0187. The molecule has 0 N–H and O–H groups in total. The summed E-state index contributed by atoms with van der Waals surface area (Å²) < 4.78 is 143. The van der Waals surface area contributed by atoms with Gasteiger partial charge in [-0.3, -0.25) is 0 Å². The summed E-state index contributed by atoms with van der Waals surface area (Å²) in [6.07, 6.45) is -10.2. The molecular weight excluding hydrogens is 603 g/mol. The Balaban J connectivity index is 1.22. The van der Waals surface area contributed by atoms with E-state index in [0.29, 0.717) is 12.1 Å². The van der Waals surface area contributed by atoms with Crippen molar-refractivity contribution < 1.29 is 53.7 Å². The second kappa shape index (κ2) is 14.3. The van der Waals surface area contributed by atoms with E-state index in [2.05, 4.69) is 11.7 Å². The molecule has 2 fully saturated rings. The van der Waals surface area contributed by atoms with E-state index in [1.807, 2.05) is 0 Å². The quantitative estimate of drug-likeness (QED) is 0.124. The van der Waals surface area contributed by atoms with Crippen LogP contribution in [0.3, 0.4) is 0 Å². The van der Waals surface area contributed by atoms with E-state index < -0.39 is 65.6 Å². The highest BCUT2D eigenvalue weighted by Crippen LogP contribution is 2.45. The van der Waals surface area contributed by atoms with Gasteiger partial charge >= 0.3 is 18.3 Å². The Labute approximate surface area is 251 Å². The molecule has 0 heterocycles. The Morgan fingerprint density at radius 1 is 0.659 bits per heavy atom. The van der Waals surface area contributed by atoms with Crippen LogP contribution in [0.2, 0.25) is 0 Å². The number of rotatable bonds is 13. The Bertz CT molecular complexity index is 1180. The molecule has 2 aromatic carbocycles. The first-order chi connectivity index (χ1) is 20.7. The van der Waals surface area contributed by atoms with Crippen LogP contribution in [-0.2, 0) is 22.0 Å². The summed E-state index contributed by atoms with van der Waals surface area (Å²) >= 11 is 0. The number of ether oxygens (including phenoxy) is 3. The van der Waals surface area contributed by atoms with E-state index in [4.69, 9.17) is 9.47 Å². The van der Waals surface area contributed by atoms with E-state index in [1.54, 1.807) is 12.1 Å². The van der Waals surface area contributed by atoms with Crippen LogP contribution in [0.15, 0.2) is 36.4 Å². The van der Waals surface area contributed by atoms with Gasteiger partial charge in [0.1, 0.15) is 5.75 Å². The molecule has 0 saturated heterocycles. The maximum atomic E-state index is 15.0. The molecule has 0 aromatic heterocycles. The standard InChI is InChI=1S/C32H37F9O3/c1-2-3-4-5-20-6-8-21(9-7-20)30(36,37)42-24-14-10-22(11-15-24)31(38,39)43-25-16-12-23(13-17-25)32(40,41)44-26-18-27(33)29(35)28(34)19-26/h6-9,18-19,22-25H,2-5,10-17H2,1H3. The first-order valence-corrected chi connectivity index (χ1v) is 15.1. The van der Waals surface area contributed by atoms with Crippen LogP contribution >= 0.6 is 0 Å². The van der Waals surface area contributed by atoms with Gasteiger partial charge in [-0.2, -0.15) is 26.3 Å². The van der Waals surface area contributed by atoms with Crippen molar-refractivity contribution in [1.82, 2.24) is 0 Å². The van der Waals surface area contributed by atoms with Crippen molar-refractivity contribution in [2.24, 2.45) is 11.8 Å². The van der Waals surface area contributed by atoms with E-state index in [1.165, 1.54) is 12.1 Å². The molecular formula is C32H37F9O3. The van der Waals surface area contributed by atoms with Gasteiger partial charge in [0.25, 0.3) is 0 Å². The highest BCUT2D eigenvalue weighted by molar-refractivity contribution is 5.26. The van der Waals surface area contributed by atoms with E-state index >= 15 is 8.78 Å². The molecule has 2 aliphatic rings. The molecule has 44 heavy (non-hydrogen) atoms. The largest absolute Gasteiger partial charge is 0.432 e. The molecule has 2 aliphatic carbocycles. The third-order valence-corrected chi connectivity index (χ3v) is 8.51. The first-order valence-electron chi connectivity index (χ1n) is 15.1. The fourth-order valence-electron chi connectivity index (χ4n) is 5.91. The van der Waals surface area contributed by atoms with Crippen LogP contribution in [0, 0.1) is 29.3 Å². The Kier molecular flexibility index (Phi) is 11.2. The number of hydrogen-bond acceptors (Lipinski definition) is 3. The van der Waals surface area contributed by atoms with Gasteiger partial charge in [0.05, 0.1) is 29.6 Å². The maximum Gasteiger partial charge on any atom is 0.400 e. The minimum atomic E-state index is -3.89. The van der Waals surface area contributed by atoms with Gasteiger partial charge in [0, 0.05) is 12.1 Å². The number of aryl methyl sites for hydroxylation is 1. The van der Waals surface area contributed by atoms with Crippen molar-refractivity contribution in [3.63, 3.8) is 0 Å². The predicted octanol–water partition coefficient (Wildman–Crippen LogP) is 10.3. The van der Waals surface area contributed by atoms with Gasteiger partial charge in [0.15, 0.2) is 17.5 Å². The normalized spacial score (nSPS) is 23.5. The third-order valence-electron chi connectivity index (χ3n) is 8.51. The number of benzene rings is 2.